The van der Waals surface area contributed by atoms with Crippen molar-refractivity contribution in [1.82, 2.24) is 20.2 Å². The summed E-state index contributed by atoms with van der Waals surface area (Å²) in [5, 5.41) is 9.97. The molecule has 3 aromatic rings. The Morgan fingerprint density at radius 1 is 1.24 bits per heavy atom. The van der Waals surface area contributed by atoms with Crippen LogP contribution < -0.4 is 0 Å². The van der Waals surface area contributed by atoms with Gasteiger partial charge in [-0.15, -0.1) is 11.3 Å². The first-order valence-corrected chi connectivity index (χ1v) is 6.08. The van der Waals surface area contributed by atoms with Crippen molar-refractivity contribution in [3.05, 3.63) is 41.1 Å². The molecule has 0 aromatic carbocycles. The van der Waals surface area contributed by atoms with E-state index in [1.165, 1.54) is 0 Å². The van der Waals surface area contributed by atoms with Crippen molar-refractivity contribution in [3.63, 3.8) is 0 Å². The molecule has 0 aliphatic carbocycles. The topological polar surface area (TPSA) is 54.5 Å². The summed E-state index contributed by atoms with van der Waals surface area (Å²) in [4.78, 5) is 8.70. The van der Waals surface area contributed by atoms with E-state index in [0.29, 0.717) is 0 Å². The molecule has 3 rings (SSSR count). The van der Waals surface area contributed by atoms with Crippen molar-refractivity contribution in [3.8, 4) is 22.5 Å². The van der Waals surface area contributed by atoms with Crippen molar-refractivity contribution in [2.45, 2.75) is 6.92 Å². The third-order valence-corrected chi connectivity index (χ3v) is 3.24. The van der Waals surface area contributed by atoms with E-state index in [9.17, 15) is 0 Å². The zero-order valence-electron chi connectivity index (χ0n) is 9.21. The van der Waals surface area contributed by atoms with Crippen LogP contribution in [-0.4, -0.2) is 20.2 Å². The van der Waals surface area contributed by atoms with Crippen LogP contribution in [-0.2, 0) is 0 Å². The normalized spacial score (nSPS) is 10.6. The van der Waals surface area contributed by atoms with Crippen molar-refractivity contribution >= 4 is 11.3 Å². The highest BCUT2D eigenvalue weighted by molar-refractivity contribution is 7.09. The molecule has 3 aromatic heterocycles. The molecule has 0 radical (unpaired) electrons. The second kappa shape index (κ2) is 4.10. The largest absolute Gasteiger partial charge is 0.278 e. The molecule has 4 nitrogen and oxygen atoms in total. The monoisotopic (exact) mass is 242 g/mol. The molecule has 3 heterocycles. The summed E-state index contributed by atoms with van der Waals surface area (Å²) >= 11 is 1.64. The minimum atomic E-state index is 0.964. The number of aryl methyl sites for hydroxylation is 1. The maximum atomic E-state index is 4.46. The van der Waals surface area contributed by atoms with E-state index in [4.69, 9.17) is 0 Å². The third-order valence-electron chi connectivity index (χ3n) is 2.46. The van der Waals surface area contributed by atoms with Crippen LogP contribution in [0.2, 0.25) is 0 Å². The summed E-state index contributed by atoms with van der Waals surface area (Å²) < 4.78 is 0. The highest BCUT2D eigenvalue weighted by Crippen LogP contribution is 2.24. The molecule has 0 spiro atoms. The summed E-state index contributed by atoms with van der Waals surface area (Å²) in [6.45, 7) is 2.00. The summed E-state index contributed by atoms with van der Waals surface area (Å²) in [6.07, 6.45) is 5.37. The number of thiazole rings is 1. The number of hydrogen-bond donors (Lipinski definition) is 1. The van der Waals surface area contributed by atoms with Gasteiger partial charge in [0.05, 0.1) is 16.4 Å². The molecule has 0 aliphatic heterocycles. The van der Waals surface area contributed by atoms with E-state index in [1.807, 2.05) is 30.8 Å². The summed E-state index contributed by atoms with van der Waals surface area (Å²) in [5.41, 5.74) is 3.99. The molecule has 0 fully saturated rings. The number of nitrogens with one attached hydrogen (secondary N) is 1. The van der Waals surface area contributed by atoms with Gasteiger partial charge in [-0.2, -0.15) is 5.10 Å². The average Bonchev–Trinajstić information content (AvgIpc) is 3.00. The highest BCUT2D eigenvalue weighted by Gasteiger charge is 2.05. The molecule has 0 amide bonds. The van der Waals surface area contributed by atoms with Crippen LogP contribution in [0.4, 0.5) is 0 Å². The predicted octanol–water partition coefficient (Wildman–Crippen LogP) is 2.90. The lowest BCUT2D eigenvalue weighted by Crippen LogP contribution is -1.84. The molecule has 17 heavy (non-hydrogen) atoms. The van der Waals surface area contributed by atoms with Gasteiger partial charge in [0.25, 0.3) is 0 Å². The van der Waals surface area contributed by atoms with Crippen molar-refractivity contribution in [2.75, 3.05) is 0 Å². The molecule has 0 saturated carbocycles. The van der Waals surface area contributed by atoms with E-state index < -0.39 is 0 Å². The second-order valence-electron chi connectivity index (χ2n) is 3.68. The number of aromatic nitrogens is 4. The van der Waals surface area contributed by atoms with Gasteiger partial charge in [-0.05, 0) is 19.1 Å². The lowest BCUT2D eigenvalue weighted by molar-refractivity contribution is 1.09. The first-order chi connectivity index (χ1) is 8.33. The molecule has 0 bridgehead atoms. The van der Waals surface area contributed by atoms with Gasteiger partial charge >= 0.3 is 0 Å². The Balaban J connectivity index is 2.05. The van der Waals surface area contributed by atoms with E-state index >= 15 is 0 Å². The third kappa shape index (κ3) is 1.97. The number of pyridine rings is 1. The van der Waals surface area contributed by atoms with Crippen molar-refractivity contribution < 1.29 is 0 Å². The summed E-state index contributed by atoms with van der Waals surface area (Å²) in [7, 11) is 0. The van der Waals surface area contributed by atoms with E-state index in [1.54, 1.807) is 17.5 Å². The van der Waals surface area contributed by atoms with Crippen LogP contribution in [0.1, 0.15) is 5.01 Å². The molecule has 0 atom stereocenters. The van der Waals surface area contributed by atoms with Gasteiger partial charge in [0.1, 0.15) is 0 Å². The van der Waals surface area contributed by atoms with Crippen LogP contribution in [0.25, 0.3) is 22.5 Å². The molecular weight excluding hydrogens is 232 g/mol. The van der Waals surface area contributed by atoms with Crippen LogP contribution in [0.3, 0.4) is 0 Å². The maximum Gasteiger partial charge on any atom is 0.0901 e. The molecule has 5 heteroatoms. The molecule has 0 aliphatic rings. The Kier molecular flexibility index (Phi) is 2.45. The minimum absolute atomic E-state index is 0.964. The number of hydrogen-bond acceptors (Lipinski definition) is 4. The van der Waals surface area contributed by atoms with Gasteiger partial charge in [-0.25, -0.2) is 4.98 Å². The SMILES string of the molecule is Cc1nc(-c2cncc(-c3ccn[nH]3)c2)cs1. The van der Waals surface area contributed by atoms with Gasteiger partial charge in [0.15, 0.2) is 0 Å². The van der Waals surface area contributed by atoms with Crippen molar-refractivity contribution in [2.24, 2.45) is 0 Å². The highest BCUT2D eigenvalue weighted by atomic mass is 32.1. The Hall–Kier alpha value is -2.01. The van der Waals surface area contributed by atoms with Gasteiger partial charge < -0.3 is 0 Å². The fraction of sp³-hybridized carbons (Fsp3) is 0.0833. The van der Waals surface area contributed by atoms with Crippen LogP contribution in [0.5, 0.6) is 0 Å². The Bertz CT molecular complexity index is 628. The predicted molar refractivity (Wildman–Crippen MR) is 67.7 cm³/mol. The molecule has 0 saturated heterocycles. The number of H-pyrrole nitrogens is 1. The summed E-state index contributed by atoms with van der Waals surface area (Å²) in [5.74, 6) is 0. The van der Waals surface area contributed by atoms with Crippen LogP contribution in [0.15, 0.2) is 36.1 Å². The minimum Gasteiger partial charge on any atom is -0.278 e. The van der Waals surface area contributed by atoms with E-state index in [-0.39, 0.29) is 0 Å². The Morgan fingerprint density at radius 3 is 2.82 bits per heavy atom. The fourth-order valence-corrected chi connectivity index (χ4v) is 2.26. The Morgan fingerprint density at radius 2 is 2.12 bits per heavy atom. The van der Waals surface area contributed by atoms with Gasteiger partial charge in [0, 0.05) is 35.1 Å². The quantitative estimate of drug-likeness (QED) is 0.751. The Labute approximate surface area is 102 Å². The lowest BCUT2D eigenvalue weighted by Gasteiger charge is -2.00. The lowest BCUT2D eigenvalue weighted by atomic mass is 10.1. The van der Waals surface area contributed by atoms with Crippen LogP contribution >= 0.6 is 11.3 Å². The van der Waals surface area contributed by atoms with Crippen molar-refractivity contribution in [1.29, 1.82) is 0 Å². The molecule has 0 unspecified atom stereocenters. The number of rotatable bonds is 2. The second-order valence-corrected chi connectivity index (χ2v) is 4.75. The zero-order chi connectivity index (χ0) is 11.7. The first kappa shape index (κ1) is 10.2. The molecule has 84 valence electrons. The smallest absolute Gasteiger partial charge is 0.0901 e. The maximum absolute atomic E-state index is 4.46. The van der Waals surface area contributed by atoms with E-state index in [0.717, 1.165) is 27.5 Å². The first-order valence-electron chi connectivity index (χ1n) is 5.20. The van der Waals surface area contributed by atoms with E-state index in [2.05, 4.69) is 26.2 Å². The van der Waals surface area contributed by atoms with Gasteiger partial charge in [-0.3, -0.25) is 10.1 Å². The van der Waals surface area contributed by atoms with Crippen LogP contribution in [0, 0.1) is 6.92 Å². The molecule has 1 N–H and O–H groups in total. The average molecular weight is 242 g/mol. The number of aromatic amines is 1. The summed E-state index contributed by atoms with van der Waals surface area (Å²) in [6, 6.07) is 3.99. The number of nitrogens with zero attached hydrogens (tertiary/aromatic N) is 3. The van der Waals surface area contributed by atoms with Gasteiger partial charge in [-0.1, -0.05) is 0 Å². The zero-order valence-corrected chi connectivity index (χ0v) is 10.0. The molecular formula is C12H10N4S. The van der Waals surface area contributed by atoms with Gasteiger partial charge in [0.2, 0.25) is 0 Å². The standard InChI is InChI=1S/C12H10N4S/c1-8-15-12(7-17-8)10-4-9(5-13-6-10)11-2-3-14-16-11/h2-7H,1H3,(H,14,16). The fourth-order valence-electron chi connectivity index (χ4n) is 1.64.